The van der Waals surface area contributed by atoms with Crippen molar-refractivity contribution in [3.8, 4) is 0 Å². The lowest BCUT2D eigenvalue weighted by Gasteiger charge is -2.43. The molecule has 1 saturated carbocycles. The van der Waals surface area contributed by atoms with Crippen LogP contribution >= 0.6 is 12.2 Å². The lowest BCUT2D eigenvalue weighted by molar-refractivity contribution is -0.123. The van der Waals surface area contributed by atoms with Crippen molar-refractivity contribution in [3.63, 3.8) is 0 Å². The Kier molecular flexibility index (Phi) is 4.27. The van der Waals surface area contributed by atoms with E-state index in [1.165, 1.54) is 17.2 Å². The Morgan fingerprint density at radius 2 is 2.07 bits per heavy atom. The Morgan fingerprint density at radius 1 is 1.32 bits per heavy atom. The molecular formula is C20H18FN5OS. The van der Waals surface area contributed by atoms with Gasteiger partial charge in [-0.2, -0.15) is 0 Å². The number of rotatable bonds is 3. The number of nitrogens with one attached hydrogen (secondary N) is 1. The molecule has 0 radical (unpaired) electrons. The fraction of sp³-hybridized carbons (Fsp3) is 0.300. The van der Waals surface area contributed by atoms with Gasteiger partial charge in [0.15, 0.2) is 5.11 Å². The van der Waals surface area contributed by atoms with Crippen molar-refractivity contribution in [3.05, 3.63) is 53.3 Å². The number of carbonyl (C=O) groups excluding carboxylic acids is 1. The van der Waals surface area contributed by atoms with Crippen LogP contribution in [0.4, 0.5) is 27.3 Å². The predicted molar refractivity (Wildman–Crippen MR) is 110 cm³/mol. The van der Waals surface area contributed by atoms with Gasteiger partial charge in [-0.1, -0.05) is 6.57 Å². The molecule has 28 heavy (non-hydrogen) atoms. The Bertz CT molecular complexity index is 1040. The number of anilines is 3. The van der Waals surface area contributed by atoms with E-state index in [9.17, 15) is 9.18 Å². The molecule has 1 aliphatic carbocycles. The van der Waals surface area contributed by atoms with Crippen LogP contribution in [0.1, 0.15) is 24.8 Å². The number of thiocarbonyl (C=S) groups is 1. The second-order valence-corrected chi connectivity index (χ2v) is 7.37. The zero-order valence-corrected chi connectivity index (χ0v) is 16.3. The molecule has 2 fully saturated rings. The summed E-state index contributed by atoms with van der Waals surface area (Å²) in [4.78, 5) is 24.1. The van der Waals surface area contributed by atoms with Crippen molar-refractivity contribution in [2.24, 2.45) is 0 Å². The van der Waals surface area contributed by atoms with Gasteiger partial charge in [0.2, 0.25) is 0 Å². The summed E-state index contributed by atoms with van der Waals surface area (Å²) in [6.45, 7) is 8.92. The van der Waals surface area contributed by atoms with Gasteiger partial charge >= 0.3 is 0 Å². The van der Waals surface area contributed by atoms with Crippen molar-refractivity contribution in [1.29, 1.82) is 0 Å². The molecule has 1 aromatic carbocycles. The van der Waals surface area contributed by atoms with Crippen LogP contribution in [-0.2, 0) is 4.79 Å². The Hall–Kier alpha value is -3.05. The van der Waals surface area contributed by atoms with Crippen molar-refractivity contribution < 1.29 is 9.18 Å². The van der Waals surface area contributed by atoms with Crippen LogP contribution in [-0.4, -0.2) is 28.6 Å². The number of halogens is 1. The molecular weight excluding hydrogens is 377 g/mol. The number of benzene rings is 1. The molecule has 1 spiro atoms. The van der Waals surface area contributed by atoms with Gasteiger partial charge in [-0.15, -0.1) is 4.98 Å². The molecule has 1 aromatic heterocycles. The van der Waals surface area contributed by atoms with Crippen LogP contribution in [0.5, 0.6) is 0 Å². The second kappa shape index (κ2) is 6.53. The molecule has 142 valence electrons. The molecule has 0 atom stereocenters. The van der Waals surface area contributed by atoms with E-state index in [4.69, 9.17) is 18.8 Å². The largest absolute Gasteiger partial charge is 0.386 e. The maximum Gasteiger partial charge on any atom is 0.272 e. The van der Waals surface area contributed by atoms with Gasteiger partial charge in [0, 0.05) is 12.7 Å². The van der Waals surface area contributed by atoms with Crippen molar-refractivity contribution >= 4 is 46.1 Å². The van der Waals surface area contributed by atoms with Gasteiger partial charge in [-0.25, -0.2) is 4.39 Å². The lowest BCUT2D eigenvalue weighted by atomic mass is 9.75. The number of hydrogen-bond donors (Lipinski definition) is 1. The van der Waals surface area contributed by atoms with Crippen LogP contribution in [0.15, 0.2) is 30.5 Å². The molecule has 2 aliphatic rings. The highest BCUT2D eigenvalue weighted by molar-refractivity contribution is 7.81. The highest BCUT2D eigenvalue weighted by Gasteiger charge is 2.59. The summed E-state index contributed by atoms with van der Waals surface area (Å²) in [5, 5.41) is 3.10. The molecule has 1 saturated heterocycles. The van der Waals surface area contributed by atoms with E-state index >= 15 is 0 Å². The molecule has 1 aliphatic heterocycles. The van der Waals surface area contributed by atoms with Crippen LogP contribution in [0, 0.1) is 19.3 Å². The Morgan fingerprint density at radius 3 is 2.61 bits per heavy atom. The molecule has 6 nitrogen and oxygen atoms in total. The summed E-state index contributed by atoms with van der Waals surface area (Å²) >= 11 is 5.67. The lowest BCUT2D eigenvalue weighted by Crippen LogP contribution is -2.55. The van der Waals surface area contributed by atoms with Gasteiger partial charge in [0.1, 0.15) is 17.6 Å². The van der Waals surface area contributed by atoms with E-state index in [0.29, 0.717) is 46.4 Å². The second-order valence-electron chi connectivity index (χ2n) is 7.00. The van der Waals surface area contributed by atoms with Gasteiger partial charge in [-0.05, 0) is 68.2 Å². The molecule has 1 amide bonds. The fourth-order valence-corrected chi connectivity index (χ4v) is 4.31. The Balaban J connectivity index is 1.79. The highest BCUT2D eigenvalue weighted by atomic mass is 32.1. The van der Waals surface area contributed by atoms with Crippen LogP contribution in [0.2, 0.25) is 0 Å². The summed E-state index contributed by atoms with van der Waals surface area (Å²) in [6, 6.07) is 6.55. The number of hydrogen-bond acceptors (Lipinski definition) is 4. The van der Waals surface area contributed by atoms with Crippen molar-refractivity contribution in [2.45, 2.75) is 31.7 Å². The molecule has 0 unspecified atom stereocenters. The predicted octanol–water partition coefficient (Wildman–Crippen LogP) is 4.18. The summed E-state index contributed by atoms with van der Waals surface area (Å²) in [6.07, 6.45) is 3.71. The fourth-order valence-electron chi connectivity index (χ4n) is 3.85. The zero-order chi connectivity index (χ0) is 20.1. The third-order valence-corrected chi connectivity index (χ3v) is 5.84. The molecule has 8 heteroatoms. The van der Waals surface area contributed by atoms with Crippen LogP contribution in [0.25, 0.3) is 4.85 Å². The maximum atomic E-state index is 14.4. The maximum absolute atomic E-state index is 14.4. The Labute approximate surface area is 167 Å². The summed E-state index contributed by atoms with van der Waals surface area (Å²) < 4.78 is 14.4. The summed E-state index contributed by atoms with van der Waals surface area (Å²) in [5.74, 6) is -0.234. The number of carbonyl (C=O) groups is 1. The van der Waals surface area contributed by atoms with Crippen LogP contribution in [0.3, 0.4) is 0 Å². The average Bonchev–Trinajstić information content (AvgIpc) is 2.88. The van der Waals surface area contributed by atoms with E-state index in [1.54, 1.807) is 37.1 Å². The number of pyridine rings is 1. The smallest absolute Gasteiger partial charge is 0.272 e. The average molecular weight is 395 g/mol. The van der Waals surface area contributed by atoms with E-state index in [2.05, 4.69) is 15.1 Å². The van der Waals surface area contributed by atoms with E-state index < -0.39 is 11.4 Å². The number of aryl methyl sites for hydroxylation is 1. The molecule has 4 rings (SSSR count). The van der Waals surface area contributed by atoms with E-state index in [0.717, 1.165) is 6.42 Å². The standard InChI is InChI=1S/C20H18FN5OS/c1-12-9-14(11-24-17(12)23-3)25-18(27)20(7-4-8-20)26(19(25)28)13-5-6-16(22-2)15(21)10-13/h5-6,9-11,22H,4,7-8H2,1-2H3. The molecule has 2 aromatic rings. The highest BCUT2D eigenvalue weighted by Crippen LogP contribution is 2.48. The van der Waals surface area contributed by atoms with Gasteiger partial charge < -0.3 is 15.1 Å². The summed E-state index contributed by atoms with van der Waals surface area (Å²) in [5.41, 5.74) is 1.36. The first-order chi connectivity index (χ1) is 13.4. The topological polar surface area (TPSA) is 52.8 Å². The van der Waals surface area contributed by atoms with Crippen LogP contribution < -0.4 is 15.1 Å². The number of amides is 1. The normalized spacial score (nSPS) is 17.6. The van der Waals surface area contributed by atoms with Gasteiger partial charge in [-0.3, -0.25) is 9.69 Å². The third-order valence-electron chi connectivity index (χ3n) is 5.47. The monoisotopic (exact) mass is 395 g/mol. The van der Waals surface area contributed by atoms with Gasteiger partial charge in [0.25, 0.3) is 11.7 Å². The molecule has 1 N–H and O–H groups in total. The minimum Gasteiger partial charge on any atom is -0.386 e. The SMILES string of the molecule is [C-]#[N+]c1ncc(N2C(=O)C3(CCC3)N(c3ccc(NC)c(F)c3)C2=S)cc1C. The first kappa shape index (κ1) is 18.3. The quantitative estimate of drug-likeness (QED) is 0.624. The minimum absolute atomic E-state index is 0.126. The van der Waals surface area contributed by atoms with Crippen molar-refractivity contribution in [1.82, 2.24) is 4.98 Å². The van der Waals surface area contributed by atoms with Crippen molar-refractivity contribution in [2.75, 3.05) is 22.2 Å². The number of nitrogens with zero attached hydrogens (tertiary/aromatic N) is 4. The third kappa shape index (κ3) is 2.47. The van der Waals surface area contributed by atoms with E-state index in [1.807, 2.05) is 0 Å². The summed E-state index contributed by atoms with van der Waals surface area (Å²) in [7, 11) is 1.65. The molecule has 0 bridgehead atoms. The first-order valence-corrected chi connectivity index (χ1v) is 9.34. The van der Waals surface area contributed by atoms with E-state index in [-0.39, 0.29) is 5.91 Å². The van der Waals surface area contributed by atoms with Gasteiger partial charge in [0.05, 0.1) is 11.4 Å². The molecule has 2 heterocycles. The minimum atomic E-state index is -0.781. The number of aromatic nitrogens is 1. The zero-order valence-electron chi connectivity index (χ0n) is 15.5. The first-order valence-electron chi connectivity index (χ1n) is 8.93.